The van der Waals surface area contributed by atoms with Gasteiger partial charge in [-0.15, -0.1) is 0 Å². The summed E-state index contributed by atoms with van der Waals surface area (Å²) in [4.78, 5) is 27.4. The van der Waals surface area contributed by atoms with Gasteiger partial charge in [0.15, 0.2) is 0 Å². The lowest BCUT2D eigenvalue weighted by atomic mass is 9.80. The van der Waals surface area contributed by atoms with Crippen LogP contribution in [0.2, 0.25) is 0 Å². The Morgan fingerprint density at radius 3 is 2.67 bits per heavy atom. The number of carboxylic acids is 1. The molecule has 0 unspecified atom stereocenters. The molecule has 2 atom stereocenters. The quantitative estimate of drug-likeness (QED) is 0.781. The predicted molar refractivity (Wildman–Crippen MR) is 88.8 cm³/mol. The van der Waals surface area contributed by atoms with E-state index in [1.165, 1.54) is 0 Å². The number of hydrogen-bond donors (Lipinski definition) is 2. The minimum atomic E-state index is -0.795. The van der Waals surface area contributed by atoms with E-state index < -0.39 is 5.97 Å². The Morgan fingerprint density at radius 1 is 1.33 bits per heavy atom. The summed E-state index contributed by atoms with van der Waals surface area (Å²) in [7, 11) is 0. The summed E-state index contributed by atoms with van der Waals surface area (Å²) >= 11 is 0. The first-order valence-corrected chi connectivity index (χ1v) is 8.92. The Hall–Kier alpha value is -1.34. The summed E-state index contributed by atoms with van der Waals surface area (Å²) in [6.45, 7) is 9.33. The van der Waals surface area contributed by atoms with Gasteiger partial charge < -0.3 is 20.1 Å². The molecule has 24 heavy (non-hydrogen) atoms. The van der Waals surface area contributed by atoms with Crippen LogP contribution in [0.1, 0.15) is 33.6 Å². The normalized spacial score (nSPS) is 34.1. The number of fused-ring (bicyclic) bond motifs is 1. The maximum atomic E-state index is 12.7. The van der Waals surface area contributed by atoms with Gasteiger partial charge in [0.2, 0.25) is 0 Å². The van der Waals surface area contributed by atoms with Gasteiger partial charge in [-0.05, 0) is 24.8 Å². The van der Waals surface area contributed by atoms with E-state index in [2.05, 4.69) is 19.2 Å². The number of amides is 2. The number of carbonyl (C=O) groups excluding carboxylic acids is 1. The summed E-state index contributed by atoms with van der Waals surface area (Å²) in [5.41, 5.74) is 0.0984. The van der Waals surface area contributed by atoms with Gasteiger partial charge in [0.1, 0.15) is 0 Å². The van der Waals surface area contributed by atoms with Gasteiger partial charge in [-0.1, -0.05) is 20.8 Å². The summed E-state index contributed by atoms with van der Waals surface area (Å²) in [6.07, 6.45) is 1.66. The fraction of sp³-hybridized carbons (Fsp3) is 0.882. The van der Waals surface area contributed by atoms with E-state index >= 15 is 0 Å². The molecule has 0 aromatic heterocycles. The van der Waals surface area contributed by atoms with Crippen molar-refractivity contribution < 1.29 is 19.4 Å². The molecule has 2 aliphatic heterocycles. The molecule has 2 N–H and O–H groups in total. The van der Waals surface area contributed by atoms with Crippen LogP contribution < -0.4 is 5.32 Å². The molecule has 3 aliphatic rings. The highest BCUT2D eigenvalue weighted by Crippen LogP contribution is 2.43. The number of ether oxygens (including phenoxy) is 1. The van der Waals surface area contributed by atoms with Crippen LogP contribution in [0.4, 0.5) is 4.79 Å². The van der Waals surface area contributed by atoms with Crippen LogP contribution in [0.5, 0.6) is 0 Å². The highest BCUT2D eigenvalue weighted by Gasteiger charge is 2.52. The van der Waals surface area contributed by atoms with Gasteiger partial charge in [0.05, 0.1) is 25.8 Å². The van der Waals surface area contributed by atoms with Crippen molar-refractivity contribution in [2.45, 2.75) is 51.7 Å². The monoisotopic (exact) mass is 339 g/mol. The fourth-order valence-corrected chi connectivity index (χ4v) is 4.43. The third-order valence-corrected chi connectivity index (χ3v) is 6.00. The average Bonchev–Trinajstić information content (AvgIpc) is 3.03. The van der Waals surface area contributed by atoms with Gasteiger partial charge in [0.25, 0.3) is 0 Å². The molecule has 2 amide bonds. The van der Waals surface area contributed by atoms with E-state index in [1.807, 2.05) is 16.7 Å². The second kappa shape index (κ2) is 6.52. The second-order valence-electron chi connectivity index (χ2n) is 8.06. The number of carboxylic acid groups (broad SMARTS) is 1. The number of likely N-dealkylation sites (N-methyl/N-ethyl adjacent to an activating group) is 1. The third kappa shape index (κ3) is 3.24. The lowest BCUT2D eigenvalue weighted by molar-refractivity contribution is -0.139. The number of nitrogens with one attached hydrogen (secondary N) is 1. The Bertz CT molecular complexity index is 504. The molecular weight excluding hydrogens is 310 g/mol. The van der Waals surface area contributed by atoms with Crippen LogP contribution in [-0.2, 0) is 9.53 Å². The molecule has 7 heteroatoms. The van der Waals surface area contributed by atoms with Crippen LogP contribution in [0.15, 0.2) is 0 Å². The highest BCUT2D eigenvalue weighted by molar-refractivity contribution is 5.75. The Labute approximate surface area is 143 Å². The molecule has 3 rings (SSSR count). The van der Waals surface area contributed by atoms with Crippen molar-refractivity contribution in [1.82, 2.24) is 15.1 Å². The first-order chi connectivity index (χ1) is 11.3. The van der Waals surface area contributed by atoms with Gasteiger partial charge >= 0.3 is 12.0 Å². The molecule has 0 aromatic rings. The van der Waals surface area contributed by atoms with E-state index in [0.717, 1.165) is 32.5 Å². The number of nitrogens with zero attached hydrogens (tertiary/aromatic N) is 2. The van der Waals surface area contributed by atoms with Crippen molar-refractivity contribution >= 4 is 12.0 Å². The smallest absolute Gasteiger partial charge is 0.317 e. The molecule has 2 saturated heterocycles. The molecular formula is C17H29N3O4. The van der Waals surface area contributed by atoms with Crippen molar-refractivity contribution in [3.63, 3.8) is 0 Å². The Morgan fingerprint density at radius 2 is 2.04 bits per heavy atom. The predicted octanol–water partition coefficient (Wildman–Crippen LogP) is 0.990. The summed E-state index contributed by atoms with van der Waals surface area (Å²) in [5, 5.41) is 12.1. The average molecular weight is 339 g/mol. The number of urea groups is 1. The second-order valence-corrected chi connectivity index (χ2v) is 8.06. The first kappa shape index (κ1) is 17.5. The van der Waals surface area contributed by atoms with Gasteiger partial charge in [-0.3, -0.25) is 9.69 Å². The number of rotatable bonds is 5. The summed E-state index contributed by atoms with van der Waals surface area (Å²) < 4.78 is 5.59. The standard InChI is InChI=1S/C17H29N3O4/c1-4-19(7-15(21)22)12-5-11(6-12)18-16(23)20-10-17(2,3)13-8-24-9-14(13)20/h11-14H,4-10H2,1-3H3,(H,18,23)(H,21,22)/t11?,12?,13-,14+/m1/s1. The lowest BCUT2D eigenvalue weighted by Crippen LogP contribution is -2.57. The van der Waals surface area contributed by atoms with Crippen LogP contribution in [0.3, 0.4) is 0 Å². The third-order valence-electron chi connectivity index (χ3n) is 6.00. The lowest BCUT2D eigenvalue weighted by Gasteiger charge is -2.42. The number of carbonyl (C=O) groups is 2. The minimum Gasteiger partial charge on any atom is -0.480 e. The molecule has 136 valence electrons. The van der Waals surface area contributed by atoms with Crippen LogP contribution >= 0.6 is 0 Å². The zero-order valence-corrected chi connectivity index (χ0v) is 14.8. The van der Waals surface area contributed by atoms with Crippen LogP contribution in [0, 0.1) is 11.3 Å². The molecule has 7 nitrogen and oxygen atoms in total. The van der Waals surface area contributed by atoms with Gasteiger partial charge in [-0.25, -0.2) is 4.79 Å². The van der Waals surface area contributed by atoms with Crippen LogP contribution in [0.25, 0.3) is 0 Å². The largest absolute Gasteiger partial charge is 0.480 e. The Balaban J connectivity index is 1.50. The van der Waals surface area contributed by atoms with E-state index in [4.69, 9.17) is 9.84 Å². The van der Waals surface area contributed by atoms with Crippen molar-refractivity contribution in [3.8, 4) is 0 Å². The van der Waals surface area contributed by atoms with Crippen molar-refractivity contribution in [2.75, 3.05) is 32.8 Å². The number of likely N-dealkylation sites (tertiary alicyclic amines) is 1. The van der Waals surface area contributed by atoms with Crippen molar-refractivity contribution in [3.05, 3.63) is 0 Å². The van der Waals surface area contributed by atoms with E-state index in [9.17, 15) is 9.59 Å². The molecule has 2 heterocycles. The minimum absolute atomic E-state index is 0.00538. The van der Waals surface area contributed by atoms with Gasteiger partial charge in [-0.2, -0.15) is 0 Å². The topological polar surface area (TPSA) is 82.1 Å². The zero-order chi connectivity index (χ0) is 17.5. The summed E-state index contributed by atoms with van der Waals surface area (Å²) in [6, 6.07) is 0.602. The zero-order valence-electron chi connectivity index (χ0n) is 14.8. The molecule has 1 saturated carbocycles. The van der Waals surface area contributed by atoms with Crippen molar-refractivity contribution in [1.29, 1.82) is 0 Å². The molecule has 3 fully saturated rings. The SMILES string of the molecule is CCN(CC(=O)O)C1CC(NC(=O)N2CC(C)(C)[C@@H]3COC[C@@H]32)C1. The highest BCUT2D eigenvalue weighted by atomic mass is 16.5. The summed E-state index contributed by atoms with van der Waals surface area (Å²) in [5.74, 6) is -0.376. The number of aliphatic carboxylic acids is 1. The van der Waals surface area contributed by atoms with E-state index in [1.54, 1.807) is 0 Å². The maximum absolute atomic E-state index is 12.7. The fourth-order valence-electron chi connectivity index (χ4n) is 4.43. The molecule has 0 spiro atoms. The van der Waals surface area contributed by atoms with Gasteiger partial charge in [0, 0.05) is 24.5 Å². The molecule has 0 bridgehead atoms. The Kier molecular flexibility index (Phi) is 4.75. The molecule has 0 aromatic carbocycles. The molecule has 0 radical (unpaired) electrons. The van der Waals surface area contributed by atoms with E-state index in [0.29, 0.717) is 12.5 Å². The maximum Gasteiger partial charge on any atom is 0.317 e. The first-order valence-electron chi connectivity index (χ1n) is 8.92. The van der Waals surface area contributed by atoms with E-state index in [-0.39, 0.29) is 36.1 Å². The molecule has 1 aliphatic carbocycles. The van der Waals surface area contributed by atoms with Crippen LogP contribution in [-0.4, -0.2) is 77.9 Å². The number of hydrogen-bond acceptors (Lipinski definition) is 4. The van der Waals surface area contributed by atoms with Crippen molar-refractivity contribution in [2.24, 2.45) is 11.3 Å².